The molecule has 0 spiro atoms. The molecule has 0 amide bonds. The number of ether oxygens (including phenoxy) is 1. The van der Waals surface area contributed by atoms with E-state index in [0.29, 0.717) is 0 Å². The van der Waals surface area contributed by atoms with E-state index < -0.39 is 16.5 Å². The maximum absolute atomic E-state index is 11.4. The Hall–Kier alpha value is -1.49. The van der Waals surface area contributed by atoms with Gasteiger partial charge in [-0.05, 0) is 32.9 Å². The number of nitro groups is 1. The standard InChI is InChI=1S/C13H19N3O5S.H2S/c1-13(2,3)20-12(17)9-14-21-22-15(4)10-5-7-11(8-6-10)16(18)19;/h5-8,14H,9H2,1-4H3;1H2. The van der Waals surface area contributed by atoms with Gasteiger partial charge in [0.15, 0.2) is 0 Å². The van der Waals surface area contributed by atoms with Crippen molar-refractivity contribution >= 4 is 43.1 Å². The highest BCUT2D eigenvalue weighted by atomic mass is 32.2. The van der Waals surface area contributed by atoms with Crippen molar-refractivity contribution in [3.63, 3.8) is 0 Å². The van der Waals surface area contributed by atoms with Gasteiger partial charge >= 0.3 is 5.97 Å². The Morgan fingerprint density at radius 3 is 2.39 bits per heavy atom. The summed E-state index contributed by atoms with van der Waals surface area (Å²) >= 11 is 0.948. The molecule has 0 saturated carbocycles. The summed E-state index contributed by atoms with van der Waals surface area (Å²) in [6, 6.07) is 6.01. The molecule has 0 fully saturated rings. The molecule has 1 aromatic rings. The summed E-state index contributed by atoms with van der Waals surface area (Å²) in [6.45, 7) is 5.26. The van der Waals surface area contributed by atoms with E-state index in [-0.39, 0.29) is 25.7 Å². The molecule has 0 aliphatic carbocycles. The first-order valence-corrected chi connectivity index (χ1v) is 7.15. The van der Waals surface area contributed by atoms with Crippen LogP contribution in [-0.4, -0.2) is 30.1 Å². The lowest BCUT2D eigenvalue weighted by atomic mass is 10.2. The van der Waals surface area contributed by atoms with Crippen molar-refractivity contribution in [1.82, 2.24) is 5.48 Å². The summed E-state index contributed by atoms with van der Waals surface area (Å²) in [6.07, 6.45) is 0. The summed E-state index contributed by atoms with van der Waals surface area (Å²) < 4.78 is 11.8. The molecule has 0 heterocycles. The Morgan fingerprint density at radius 2 is 1.91 bits per heavy atom. The van der Waals surface area contributed by atoms with E-state index >= 15 is 0 Å². The third-order valence-electron chi connectivity index (χ3n) is 2.27. The van der Waals surface area contributed by atoms with Crippen LogP contribution >= 0.6 is 25.7 Å². The van der Waals surface area contributed by atoms with Crippen molar-refractivity contribution in [2.75, 3.05) is 17.9 Å². The summed E-state index contributed by atoms with van der Waals surface area (Å²) in [5.41, 5.74) is 2.67. The number of carbonyl (C=O) groups excluding carboxylic acids is 1. The van der Waals surface area contributed by atoms with Crippen molar-refractivity contribution in [3.05, 3.63) is 34.4 Å². The van der Waals surface area contributed by atoms with Crippen molar-refractivity contribution in [2.45, 2.75) is 26.4 Å². The van der Waals surface area contributed by atoms with Gasteiger partial charge in [0.05, 0.1) is 4.92 Å². The molecule has 1 N–H and O–H groups in total. The molecule has 0 aliphatic rings. The van der Waals surface area contributed by atoms with Gasteiger partial charge in [0, 0.05) is 24.9 Å². The van der Waals surface area contributed by atoms with Gasteiger partial charge < -0.3 is 4.74 Å². The first-order valence-electron chi connectivity index (χ1n) is 6.45. The minimum Gasteiger partial charge on any atom is -0.459 e. The summed E-state index contributed by atoms with van der Waals surface area (Å²) in [5.74, 6) is -0.425. The molecule has 1 aromatic carbocycles. The minimum absolute atomic E-state index is 0. The lowest BCUT2D eigenvalue weighted by Gasteiger charge is -2.20. The normalized spacial score (nSPS) is 10.6. The minimum atomic E-state index is -0.540. The van der Waals surface area contributed by atoms with E-state index in [2.05, 4.69) is 5.48 Å². The lowest BCUT2D eigenvalue weighted by molar-refractivity contribution is -0.384. The quantitative estimate of drug-likeness (QED) is 0.197. The lowest BCUT2D eigenvalue weighted by Crippen LogP contribution is -2.31. The second-order valence-corrected chi connectivity index (χ2v) is 6.20. The topological polar surface area (TPSA) is 93.9 Å². The maximum Gasteiger partial charge on any atom is 0.322 e. The van der Waals surface area contributed by atoms with E-state index in [0.717, 1.165) is 17.9 Å². The van der Waals surface area contributed by atoms with Crippen LogP contribution in [0.4, 0.5) is 11.4 Å². The van der Waals surface area contributed by atoms with E-state index in [1.807, 2.05) is 0 Å². The predicted octanol–water partition coefficient (Wildman–Crippen LogP) is 2.57. The zero-order valence-corrected chi connectivity index (χ0v) is 15.2. The van der Waals surface area contributed by atoms with Gasteiger partial charge in [-0.3, -0.25) is 19.2 Å². The Morgan fingerprint density at radius 1 is 1.35 bits per heavy atom. The fraction of sp³-hybridized carbons (Fsp3) is 0.462. The van der Waals surface area contributed by atoms with Gasteiger partial charge in [0.25, 0.3) is 5.69 Å². The molecule has 0 bridgehead atoms. The number of nitrogens with one attached hydrogen (secondary N) is 1. The SMILES string of the molecule is CN(SONCC(=O)OC(C)(C)C)c1ccc([N+](=O)[O-])cc1.S. The number of esters is 1. The maximum atomic E-state index is 11.4. The first kappa shape index (κ1) is 21.5. The van der Waals surface area contributed by atoms with Crippen molar-refractivity contribution in [1.29, 1.82) is 0 Å². The summed E-state index contributed by atoms with van der Waals surface area (Å²) in [5, 5.41) is 10.6. The van der Waals surface area contributed by atoms with E-state index in [1.165, 1.54) is 12.1 Å². The number of nitrogens with zero attached hydrogens (tertiary/aromatic N) is 2. The average molecular weight is 363 g/mol. The molecular weight excluding hydrogens is 342 g/mol. The number of rotatable bonds is 7. The van der Waals surface area contributed by atoms with Gasteiger partial charge in [-0.15, -0.1) is 0 Å². The predicted molar refractivity (Wildman–Crippen MR) is 94.4 cm³/mol. The van der Waals surface area contributed by atoms with Crippen LogP contribution in [0, 0.1) is 10.1 Å². The molecule has 0 atom stereocenters. The van der Waals surface area contributed by atoms with Crippen molar-refractivity contribution in [2.24, 2.45) is 0 Å². The van der Waals surface area contributed by atoms with Crippen LogP contribution in [0.1, 0.15) is 20.8 Å². The zero-order valence-electron chi connectivity index (χ0n) is 13.4. The fourth-order valence-electron chi connectivity index (χ4n) is 1.38. The molecule has 0 unspecified atom stereocenters. The number of hydroxylamine groups is 1. The van der Waals surface area contributed by atoms with Gasteiger partial charge in [0.2, 0.25) is 0 Å². The second-order valence-electron chi connectivity index (χ2n) is 5.34. The molecule has 23 heavy (non-hydrogen) atoms. The second kappa shape index (κ2) is 9.60. The fourth-order valence-corrected chi connectivity index (χ4v) is 1.81. The monoisotopic (exact) mass is 363 g/mol. The number of non-ortho nitro benzene ring substituents is 1. The molecule has 0 aromatic heterocycles. The van der Waals surface area contributed by atoms with Crippen molar-refractivity contribution in [3.8, 4) is 0 Å². The number of carbonyl (C=O) groups is 1. The number of hydrogen-bond acceptors (Lipinski definition) is 8. The third kappa shape index (κ3) is 8.65. The summed E-state index contributed by atoms with van der Waals surface area (Å²) in [7, 11) is 1.72. The van der Waals surface area contributed by atoms with Gasteiger partial charge in [-0.2, -0.15) is 19.0 Å². The molecule has 1 rings (SSSR count). The Labute approximate surface area is 146 Å². The average Bonchev–Trinajstić information content (AvgIpc) is 2.41. The number of nitro benzene ring substituents is 1. The van der Waals surface area contributed by atoms with Crippen LogP contribution < -0.4 is 9.79 Å². The third-order valence-corrected chi connectivity index (χ3v) is 2.90. The van der Waals surface area contributed by atoms with Crippen LogP contribution in [0.3, 0.4) is 0 Å². The van der Waals surface area contributed by atoms with Crippen LogP contribution in [0.15, 0.2) is 24.3 Å². The van der Waals surface area contributed by atoms with Crippen LogP contribution in [-0.2, 0) is 13.8 Å². The number of anilines is 1. The molecule has 0 radical (unpaired) electrons. The summed E-state index contributed by atoms with van der Waals surface area (Å²) in [4.78, 5) is 21.5. The largest absolute Gasteiger partial charge is 0.459 e. The van der Waals surface area contributed by atoms with E-state index in [4.69, 9.17) is 9.02 Å². The number of hydrogen-bond donors (Lipinski definition) is 1. The highest BCUT2D eigenvalue weighted by Crippen LogP contribution is 2.23. The molecule has 8 nitrogen and oxygen atoms in total. The highest BCUT2D eigenvalue weighted by Gasteiger charge is 2.16. The van der Waals surface area contributed by atoms with Gasteiger partial charge in [-0.25, -0.2) is 4.28 Å². The highest BCUT2D eigenvalue weighted by molar-refractivity contribution is 7.96. The smallest absolute Gasteiger partial charge is 0.322 e. The number of benzene rings is 1. The molecule has 130 valence electrons. The van der Waals surface area contributed by atoms with Crippen LogP contribution in [0.25, 0.3) is 0 Å². The zero-order chi connectivity index (χ0) is 16.8. The van der Waals surface area contributed by atoms with Crippen LogP contribution in [0.2, 0.25) is 0 Å². The molecule has 10 heteroatoms. The van der Waals surface area contributed by atoms with E-state index in [1.54, 1.807) is 44.3 Å². The van der Waals surface area contributed by atoms with Crippen molar-refractivity contribution < 1.29 is 18.7 Å². The van der Waals surface area contributed by atoms with Crippen LogP contribution in [0.5, 0.6) is 0 Å². The van der Waals surface area contributed by atoms with E-state index in [9.17, 15) is 14.9 Å². The molecular formula is C13H21N3O5S2. The van der Waals surface area contributed by atoms with Gasteiger partial charge in [-0.1, -0.05) is 0 Å². The Bertz CT molecular complexity index is 519. The molecule has 0 aliphatic heterocycles. The van der Waals surface area contributed by atoms with Gasteiger partial charge in [0.1, 0.15) is 24.4 Å². The Kier molecular flexibility index (Phi) is 8.98. The Balaban J connectivity index is 0.00000484. The first-order chi connectivity index (χ1) is 10.2. The molecule has 0 saturated heterocycles.